The number of halogens is 3. The maximum atomic E-state index is 12.8. The Kier molecular flexibility index (Phi) is 7.35. The fourth-order valence-corrected chi connectivity index (χ4v) is 4.09. The second-order valence-electron chi connectivity index (χ2n) is 8.10. The van der Waals surface area contributed by atoms with E-state index in [-0.39, 0.29) is 17.4 Å². The summed E-state index contributed by atoms with van der Waals surface area (Å²) >= 11 is 0. The van der Waals surface area contributed by atoms with E-state index in [1.165, 1.54) is 0 Å². The van der Waals surface area contributed by atoms with Crippen molar-refractivity contribution in [2.75, 3.05) is 33.4 Å². The molecule has 1 unspecified atom stereocenters. The van der Waals surface area contributed by atoms with Crippen LogP contribution in [0.1, 0.15) is 29.6 Å². The average Bonchev–Trinajstić information content (AvgIpc) is 3.15. The quantitative estimate of drug-likeness (QED) is 0.764. The van der Waals surface area contributed by atoms with Crippen LogP contribution in [0.2, 0.25) is 0 Å². The fraction of sp³-hybridized carbons (Fsp3) is 0.500. The number of aromatic nitrogens is 1. The smallest absolute Gasteiger partial charge is 0.475 e. The number of para-hydroxylation sites is 1. The van der Waals surface area contributed by atoms with Crippen molar-refractivity contribution in [3.05, 3.63) is 42.1 Å². The minimum absolute atomic E-state index is 0.0838. The average molecular weight is 454 g/mol. The monoisotopic (exact) mass is 454 g/mol. The number of fused-ring (bicyclic) bond motifs is 1. The normalized spacial score (nSPS) is 20.1. The van der Waals surface area contributed by atoms with Crippen molar-refractivity contribution in [1.29, 1.82) is 0 Å². The number of alkyl halides is 3. The summed E-state index contributed by atoms with van der Waals surface area (Å²) in [6.07, 6.45) is -0.139. The molecule has 1 aromatic heterocycles. The predicted molar refractivity (Wildman–Crippen MR) is 109 cm³/mol. The van der Waals surface area contributed by atoms with Gasteiger partial charge in [-0.3, -0.25) is 9.78 Å². The zero-order valence-electron chi connectivity index (χ0n) is 17.6. The van der Waals surface area contributed by atoms with E-state index in [4.69, 9.17) is 19.4 Å². The van der Waals surface area contributed by atoms with Crippen molar-refractivity contribution < 1.29 is 37.3 Å². The summed E-state index contributed by atoms with van der Waals surface area (Å²) in [6, 6.07) is 9.84. The molecular formula is C22H25F3N2O5. The van der Waals surface area contributed by atoms with Gasteiger partial charge in [0.2, 0.25) is 0 Å². The van der Waals surface area contributed by atoms with E-state index in [1.54, 1.807) is 13.3 Å². The summed E-state index contributed by atoms with van der Waals surface area (Å²) < 4.78 is 42.8. The van der Waals surface area contributed by atoms with Gasteiger partial charge in [-0.25, -0.2) is 4.79 Å². The number of nitrogens with zero attached hydrogens (tertiary/aromatic N) is 2. The molecule has 1 spiro atoms. The van der Waals surface area contributed by atoms with Crippen LogP contribution in [0, 0.1) is 5.41 Å². The molecule has 7 nitrogen and oxygen atoms in total. The Balaban J connectivity index is 0.000000360. The number of rotatable bonds is 3. The molecule has 2 aliphatic rings. The second-order valence-corrected chi connectivity index (χ2v) is 8.10. The second kappa shape index (κ2) is 9.83. The van der Waals surface area contributed by atoms with Crippen molar-refractivity contribution in [2.24, 2.45) is 5.41 Å². The van der Waals surface area contributed by atoms with Crippen LogP contribution in [0.5, 0.6) is 0 Å². The molecule has 174 valence electrons. The lowest BCUT2D eigenvalue weighted by molar-refractivity contribution is -0.192. The number of benzene rings is 1. The summed E-state index contributed by atoms with van der Waals surface area (Å²) in [7, 11) is 1.72. The third-order valence-corrected chi connectivity index (χ3v) is 5.83. The Labute approximate surface area is 183 Å². The maximum absolute atomic E-state index is 12.8. The van der Waals surface area contributed by atoms with Crippen LogP contribution in [0.4, 0.5) is 13.2 Å². The van der Waals surface area contributed by atoms with Crippen LogP contribution in [0.15, 0.2) is 36.5 Å². The summed E-state index contributed by atoms with van der Waals surface area (Å²) in [5, 5.41) is 8.13. The molecule has 2 aliphatic heterocycles. The molecule has 2 saturated heterocycles. The van der Waals surface area contributed by atoms with Gasteiger partial charge in [-0.1, -0.05) is 18.2 Å². The minimum atomic E-state index is -5.08. The molecule has 2 fully saturated rings. The van der Waals surface area contributed by atoms with E-state index in [1.807, 2.05) is 35.2 Å². The topological polar surface area (TPSA) is 89.0 Å². The molecule has 1 aromatic carbocycles. The highest BCUT2D eigenvalue weighted by atomic mass is 19.4. The van der Waals surface area contributed by atoms with E-state index in [2.05, 4.69) is 4.98 Å². The SMILES string of the molecule is COCC1CC2(CCN(C(=O)c3cnc4ccccc4c3)CC2)CO1.O=C(O)C(F)(F)F. The first kappa shape index (κ1) is 23.9. The van der Waals surface area contributed by atoms with Crippen LogP contribution in [0.3, 0.4) is 0 Å². The highest BCUT2D eigenvalue weighted by Gasteiger charge is 2.43. The lowest BCUT2D eigenvalue weighted by atomic mass is 9.76. The zero-order chi connectivity index (χ0) is 23.4. The highest BCUT2D eigenvalue weighted by Crippen LogP contribution is 2.42. The maximum Gasteiger partial charge on any atom is 0.490 e. The van der Waals surface area contributed by atoms with Gasteiger partial charge in [0.25, 0.3) is 5.91 Å². The molecule has 0 aliphatic carbocycles. The molecule has 0 bridgehead atoms. The van der Waals surface area contributed by atoms with E-state index >= 15 is 0 Å². The number of hydrogen-bond donors (Lipinski definition) is 1. The van der Waals surface area contributed by atoms with E-state index in [0.29, 0.717) is 12.2 Å². The molecule has 10 heteroatoms. The van der Waals surface area contributed by atoms with E-state index < -0.39 is 12.1 Å². The summed E-state index contributed by atoms with van der Waals surface area (Å²) in [4.78, 5) is 28.1. The molecule has 2 aromatic rings. The first-order valence-corrected chi connectivity index (χ1v) is 10.2. The van der Waals surface area contributed by atoms with Gasteiger partial charge < -0.3 is 19.5 Å². The number of carboxylic acids is 1. The molecule has 0 radical (unpaired) electrons. The van der Waals surface area contributed by atoms with Crippen LogP contribution in [0.25, 0.3) is 10.9 Å². The first-order valence-electron chi connectivity index (χ1n) is 10.2. The number of amides is 1. The van der Waals surface area contributed by atoms with Crippen molar-refractivity contribution in [3.8, 4) is 0 Å². The van der Waals surface area contributed by atoms with Gasteiger partial charge in [0.1, 0.15) is 0 Å². The molecule has 1 atom stereocenters. The van der Waals surface area contributed by atoms with Gasteiger partial charge in [-0.15, -0.1) is 0 Å². The standard InChI is InChI=1S/C20H24N2O3.C2HF3O2/c1-24-13-17-11-20(14-25-17)6-8-22(9-7-20)19(23)16-10-15-4-2-3-5-18(15)21-12-16;3-2(4,5)1(6)7/h2-5,10,12,17H,6-9,11,13-14H2,1H3;(H,6,7). The molecule has 1 amide bonds. The van der Waals surface area contributed by atoms with Gasteiger partial charge in [0, 0.05) is 31.8 Å². The van der Waals surface area contributed by atoms with Crippen molar-refractivity contribution in [2.45, 2.75) is 31.5 Å². The third kappa shape index (κ3) is 5.74. The van der Waals surface area contributed by atoms with Crippen LogP contribution < -0.4 is 0 Å². The number of carboxylic acid groups (broad SMARTS) is 1. The first-order chi connectivity index (χ1) is 15.1. The Morgan fingerprint density at radius 2 is 1.94 bits per heavy atom. The Morgan fingerprint density at radius 1 is 1.28 bits per heavy atom. The van der Waals surface area contributed by atoms with Gasteiger partial charge >= 0.3 is 12.1 Å². The van der Waals surface area contributed by atoms with Gasteiger partial charge in [0.15, 0.2) is 0 Å². The van der Waals surface area contributed by atoms with E-state index in [9.17, 15) is 18.0 Å². The number of aliphatic carboxylic acids is 1. The van der Waals surface area contributed by atoms with Crippen molar-refractivity contribution in [3.63, 3.8) is 0 Å². The Bertz CT molecular complexity index is 958. The predicted octanol–water partition coefficient (Wildman–Crippen LogP) is 3.53. The molecule has 3 heterocycles. The number of methoxy groups -OCH3 is 1. The van der Waals surface area contributed by atoms with Gasteiger partial charge in [-0.2, -0.15) is 13.2 Å². The summed E-state index contributed by atoms with van der Waals surface area (Å²) in [5.74, 6) is -2.67. The van der Waals surface area contributed by atoms with Crippen molar-refractivity contribution in [1.82, 2.24) is 9.88 Å². The largest absolute Gasteiger partial charge is 0.490 e. The number of pyridine rings is 1. The summed E-state index contributed by atoms with van der Waals surface area (Å²) in [5.41, 5.74) is 1.82. The molecule has 4 rings (SSSR count). The van der Waals surface area contributed by atoms with Gasteiger partial charge in [-0.05, 0) is 36.8 Å². The van der Waals surface area contributed by atoms with Crippen LogP contribution in [-0.4, -0.2) is 72.6 Å². The molecule has 0 saturated carbocycles. The number of piperidine rings is 1. The molecule has 32 heavy (non-hydrogen) atoms. The fourth-order valence-electron chi connectivity index (χ4n) is 4.09. The zero-order valence-corrected chi connectivity index (χ0v) is 17.6. The number of likely N-dealkylation sites (tertiary alicyclic amines) is 1. The van der Waals surface area contributed by atoms with E-state index in [0.717, 1.165) is 49.9 Å². The minimum Gasteiger partial charge on any atom is -0.475 e. The van der Waals surface area contributed by atoms with Crippen LogP contribution >= 0.6 is 0 Å². The number of carbonyl (C=O) groups excluding carboxylic acids is 1. The number of carbonyl (C=O) groups is 2. The van der Waals surface area contributed by atoms with Crippen molar-refractivity contribution >= 4 is 22.8 Å². The summed E-state index contributed by atoms with van der Waals surface area (Å²) in [6.45, 7) is 3.02. The van der Waals surface area contributed by atoms with Crippen LogP contribution in [-0.2, 0) is 14.3 Å². The van der Waals surface area contributed by atoms with Gasteiger partial charge in [0.05, 0.1) is 30.4 Å². The lowest BCUT2D eigenvalue weighted by Crippen LogP contribution is -2.43. The highest BCUT2D eigenvalue weighted by molar-refractivity contribution is 5.97. The third-order valence-electron chi connectivity index (χ3n) is 5.83. The Morgan fingerprint density at radius 3 is 2.56 bits per heavy atom. The molecular weight excluding hydrogens is 429 g/mol. The number of hydrogen-bond acceptors (Lipinski definition) is 5. The lowest BCUT2D eigenvalue weighted by Gasteiger charge is -2.38. The molecule has 1 N–H and O–H groups in total. The number of ether oxygens (including phenoxy) is 2. The Hall–Kier alpha value is -2.72.